The maximum Gasteiger partial charge on any atom is 0.264 e. The van der Waals surface area contributed by atoms with Gasteiger partial charge in [-0.3, -0.25) is 10.1 Å². The van der Waals surface area contributed by atoms with Crippen LogP contribution in [-0.2, 0) is 4.79 Å². The number of ether oxygens (including phenoxy) is 1. The second-order valence-corrected chi connectivity index (χ2v) is 6.56. The molecule has 1 aromatic carbocycles. The highest BCUT2D eigenvalue weighted by molar-refractivity contribution is 9.10. The van der Waals surface area contributed by atoms with Gasteiger partial charge >= 0.3 is 0 Å². The van der Waals surface area contributed by atoms with Crippen LogP contribution < -0.4 is 10.1 Å². The van der Waals surface area contributed by atoms with E-state index in [-0.39, 0.29) is 12.5 Å². The van der Waals surface area contributed by atoms with Crippen molar-refractivity contribution in [3.05, 3.63) is 46.0 Å². The maximum atomic E-state index is 11.8. The molecule has 3 aromatic rings. The molecule has 0 saturated heterocycles. The lowest BCUT2D eigenvalue weighted by molar-refractivity contribution is -0.118. The van der Waals surface area contributed by atoms with Crippen LogP contribution in [0.3, 0.4) is 0 Å². The predicted molar refractivity (Wildman–Crippen MR) is 90.0 cm³/mol. The second kappa shape index (κ2) is 6.88. The van der Waals surface area contributed by atoms with Crippen molar-refractivity contribution in [3.8, 4) is 11.6 Å². The Labute approximate surface area is 144 Å². The lowest BCUT2D eigenvalue weighted by Gasteiger charge is -2.03. The molecule has 7 nitrogen and oxygen atoms in total. The van der Waals surface area contributed by atoms with E-state index in [1.54, 1.807) is 10.9 Å². The van der Waals surface area contributed by atoms with Crippen LogP contribution in [0.4, 0.5) is 5.13 Å². The number of hydrogen-bond donors (Lipinski definition) is 1. The highest BCUT2D eigenvalue weighted by Crippen LogP contribution is 2.24. The third-order valence-electron chi connectivity index (χ3n) is 2.77. The second-order valence-electron chi connectivity index (χ2n) is 4.53. The fourth-order valence-electron chi connectivity index (χ4n) is 1.78. The molecule has 0 aliphatic carbocycles. The van der Waals surface area contributed by atoms with Gasteiger partial charge in [0.25, 0.3) is 5.91 Å². The zero-order valence-corrected chi connectivity index (χ0v) is 14.5. The molecule has 0 bridgehead atoms. The standard InChI is InChI=1S/C14H12BrN5O2S/c1-9-17-18-14(23-9)16-12(21)8-22-13-11(15)7-20(19-13)10-5-3-2-4-6-10/h2-7H,8H2,1H3,(H,16,18,21). The number of para-hydroxylation sites is 1. The number of rotatable bonds is 5. The van der Waals surface area contributed by atoms with Crippen LogP contribution in [0.2, 0.25) is 0 Å². The minimum atomic E-state index is -0.317. The highest BCUT2D eigenvalue weighted by atomic mass is 79.9. The number of nitrogens with zero attached hydrogens (tertiary/aromatic N) is 4. The number of halogens is 1. The first-order valence-corrected chi connectivity index (χ1v) is 8.26. The van der Waals surface area contributed by atoms with Crippen molar-refractivity contribution in [3.63, 3.8) is 0 Å². The number of carbonyl (C=O) groups excluding carboxylic acids is 1. The number of carbonyl (C=O) groups is 1. The Morgan fingerprint density at radius 1 is 1.35 bits per heavy atom. The summed E-state index contributed by atoms with van der Waals surface area (Å²) in [6, 6.07) is 9.62. The van der Waals surface area contributed by atoms with E-state index in [1.165, 1.54) is 11.3 Å². The molecule has 0 aliphatic heterocycles. The molecule has 1 N–H and O–H groups in total. The average Bonchev–Trinajstić information content (AvgIpc) is 3.12. The predicted octanol–water partition coefficient (Wildman–Crippen LogP) is 2.81. The summed E-state index contributed by atoms with van der Waals surface area (Å²) in [5, 5.41) is 15.8. The van der Waals surface area contributed by atoms with Crippen LogP contribution >= 0.6 is 27.3 Å². The van der Waals surface area contributed by atoms with Gasteiger partial charge in [-0.1, -0.05) is 29.5 Å². The lowest BCUT2D eigenvalue weighted by atomic mass is 10.3. The molecular weight excluding hydrogens is 382 g/mol. The average molecular weight is 394 g/mol. The molecule has 0 saturated carbocycles. The van der Waals surface area contributed by atoms with Gasteiger partial charge in [0.2, 0.25) is 11.0 Å². The molecule has 1 amide bonds. The highest BCUT2D eigenvalue weighted by Gasteiger charge is 2.12. The number of nitrogens with one attached hydrogen (secondary N) is 1. The zero-order chi connectivity index (χ0) is 16.2. The topological polar surface area (TPSA) is 81.9 Å². The minimum Gasteiger partial charge on any atom is -0.466 e. The van der Waals surface area contributed by atoms with Gasteiger partial charge in [-0.15, -0.1) is 15.3 Å². The zero-order valence-electron chi connectivity index (χ0n) is 12.1. The van der Waals surface area contributed by atoms with Gasteiger partial charge in [-0.2, -0.15) is 0 Å². The minimum absolute atomic E-state index is 0.164. The van der Waals surface area contributed by atoms with Crippen molar-refractivity contribution in [2.45, 2.75) is 6.92 Å². The molecule has 0 unspecified atom stereocenters. The van der Waals surface area contributed by atoms with E-state index < -0.39 is 0 Å². The van der Waals surface area contributed by atoms with Crippen LogP contribution in [0.25, 0.3) is 5.69 Å². The Morgan fingerprint density at radius 3 is 2.83 bits per heavy atom. The summed E-state index contributed by atoms with van der Waals surface area (Å²) >= 11 is 4.68. The first-order chi connectivity index (χ1) is 11.1. The van der Waals surface area contributed by atoms with Crippen molar-refractivity contribution < 1.29 is 9.53 Å². The molecule has 0 aliphatic rings. The Kier molecular flexibility index (Phi) is 4.68. The molecule has 0 radical (unpaired) electrons. The molecule has 2 heterocycles. The fraction of sp³-hybridized carbons (Fsp3) is 0.143. The number of anilines is 1. The van der Waals surface area contributed by atoms with Crippen LogP contribution in [0.15, 0.2) is 41.0 Å². The van der Waals surface area contributed by atoms with E-state index in [4.69, 9.17) is 4.74 Å². The Hall–Kier alpha value is -2.26. The maximum absolute atomic E-state index is 11.8. The molecule has 3 rings (SSSR count). The van der Waals surface area contributed by atoms with E-state index in [0.717, 1.165) is 10.7 Å². The van der Waals surface area contributed by atoms with Gasteiger partial charge in [0, 0.05) is 6.20 Å². The smallest absolute Gasteiger partial charge is 0.264 e. The number of hydrogen-bond acceptors (Lipinski definition) is 6. The number of amides is 1. The van der Waals surface area contributed by atoms with E-state index in [9.17, 15) is 4.79 Å². The largest absolute Gasteiger partial charge is 0.466 e. The third kappa shape index (κ3) is 3.93. The Bertz CT molecular complexity index is 818. The summed E-state index contributed by atoms with van der Waals surface area (Å²) in [7, 11) is 0. The Balaban J connectivity index is 1.62. The van der Waals surface area contributed by atoms with Crippen molar-refractivity contribution in [1.82, 2.24) is 20.0 Å². The normalized spacial score (nSPS) is 10.5. The summed E-state index contributed by atoms with van der Waals surface area (Å²) in [6.07, 6.45) is 1.77. The number of benzene rings is 1. The van der Waals surface area contributed by atoms with Crippen molar-refractivity contribution in [2.75, 3.05) is 11.9 Å². The van der Waals surface area contributed by atoms with Crippen LogP contribution in [0, 0.1) is 6.92 Å². The third-order valence-corrected chi connectivity index (χ3v) is 4.07. The van der Waals surface area contributed by atoms with Gasteiger partial charge in [0.05, 0.1) is 10.2 Å². The first-order valence-electron chi connectivity index (χ1n) is 6.65. The molecule has 2 aromatic heterocycles. The van der Waals surface area contributed by atoms with Crippen molar-refractivity contribution in [1.29, 1.82) is 0 Å². The summed E-state index contributed by atoms with van der Waals surface area (Å²) in [6.45, 7) is 1.65. The molecule has 0 spiro atoms. The number of aryl methyl sites for hydroxylation is 1. The molecule has 0 atom stereocenters. The fourth-order valence-corrected chi connectivity index (χ4v) is 2.78. The van der Waals surface area contributed by atoms with E-state index >= 15 is 0 Å². The van der Waals surface area contributed by atoms with Crippen LogP contribution in [0.5, 0.6) is 5.88 Å². The molecule has 23 heavy (non-hydrogen) atoms. The summed E-state index contributed by atoms with van der Waals surface area (Å²) in [5.74, 6) is 0.0276. The quantitative estimate of drug-likeness (QED) is 0.720. The molecular formula is C14H12BrN5O2S. The van der Waals surface area contributed by atoms with Crippen LogP contribution in [0.1, 0.15) is 5.01 Å². The van der Waals surface area contributed by atoms with E-state index in [0.29, 0.717) is 15.5 Å². The SMILES string of the molecule is Cc1nnc(NC(=O)COc2nn(-c3ccccc3)cc2Br)s1. The van der Waals surface area contributed by atoms with Gasteiger partial charge in [-0.25, -0.2) is 4.68 Å². The number of aromatic nitrogens is 4. The van der Waals surface area contributed by atoms with Crippen LogP contribution in [-0.4, -0.2) is 32.5 Å². The Morgan fingerprint density at radius 2 is 2.13 bits per heavy atom. The van der Waals surface area contributed by atoms with Crippen molar-refractivity contribution >= 4 is 38.3 Å². The van der Waals surface area contributed by atoms with Gasteiger partial charge in [0.15, 0.2) is 6.61 Å². The van der Waals surface area contributed by atoms with Gasteiger partial charge in [-0.05, 0) is 35.0 Å². The summed E-state index contributed by atoms with van der Waals surface area (Å²) in [5.41, 5.74) is 0.900. The molecule has 9 heteroatoms. The van der Waals surface area contributed by atoms with Gasteiger partial charge in [0.1, 0.15) is 5.01 Å². The van der Waals surface area contributed by atoms with Gasteiger partial charge < -0.3 is 4.74 Å². The first kappa shape index (κ1) is 15.6. The van der Waals surface area contributed by atoms with E-state index in [2.05, 4.69) is 36.5 Å². The molecule has 0 fully saturated rings. The monoisotopic (exact) mass is 393 g/mol. The summed E-state index contributed by atoms with van der Waals surface area (Å²) in [4.78, 5) is 11.8. The lowest BCUT2D eigenvalue weighted by Crippen LogP contribution is -2.20. The van der Waals surface area contributed by atoms with Crippen molar-refractivity contribution in [2.24, 2.45) is 0 Å². The summed E-state index contributed by atoms with van der Waals surface area (Å²) < 4.78 is 7.78. The molecule has 118 valence electrons. The van der Waals surface area contributed by atoms with E-state index in [1.807, 2.05) is 37.3 Å².